The summed E-state index contributed by atoms with van der Waals surface area (Å²) in [6.07, 6.45) is 6.86. The number of anilines is 1. The normalized spacial score (nSPS) is 12.8. The minimum Gasteiger partial charge on any atom is -0.370 e. The van der Waals surface area contributed by atoms with E-state index in [9.17, 15) is 22.8 Å². The molecule has 36 heavy (non-hydrogen) atoms. The molecule has 0 spiro atoms. The minimum atomic E-state index is -1.01. The number of hydrogen-bond donors (Lipinski definition) is 2. The number of aromatic amines is 1. The Morgan fingerprint density at radius 2 is 1.86 bits per heavy atom. The van der Waals surface area contributed by atoms with Crippen molar-refractivity contribution >= 4 is 24.0 Å². The van der Waals surface area contributed by atoms with Crippen LogP contribution in [0, 0.1) is 17.5 Å². The molecule has 0 bridgehead atoms. The molecule has 4 rings (SSSR count). The number of allylic oxidation sites excluding steroid dienone is 1. The van der Waals surface area contributed by atoms with Gasteiger partial charge in [-0.05, 0) is 56.0 Å². The predicted molar refractivity (Wildman–Crippen MR) is 133 cm³/mol. The van der Waals surface area contributed by atoms with Crippen LogP contribution in [-0.4, -0.2) is 24.2 Å². The monoisotopic (exact) mass is 495 g/mol. The number of aryl methyl sites for hydroxylation is 1. The SMILES string of the molecule is CN(Cc1c(F)cc(F)cc1F)c1cc(C(=O)NCc2cc3c([nH]2)CCC=C3)ccc1C(C)(C)C=O. The van der Waals surface area contributed by atoms with E-state index in [-0.39, 0.29) is 18.0 Å². The highest BCUT2D eigenvalue weighted by Gasteiger charge is 2.26. The standard InChI is InChI=1S/C28H28F3N3O2/c1-28(2,16-35)22-9-8-18(27(36)32-14-20-10-17-6-4-5-7-25(17)33-20)11-26(22)34(3)15-21-23(30)12-19(29)13-24(21)31/h4,6,8-13,16,33H,5,7,14-15H2,1-3H3,(H,32,36). The van der Waals surface area contributed by atoms with E-state index in [1.165, 1.54) is 0 Å². The molecule has 2 N–H and O–H groups in total. The van der Waals surface area contributed by atoms with Gasteiger partial charge in [0.2, 0.25) is 0 Å². The maximum atomic E-state index is 14.3. The van der Waals surface area contributed by atoms with Crippen molar-refractivity contribution in [3.63, 3.8) is 0 Å². The van der Waals surface area contributed by atoms with Crippen molar-refractivity contribution in [3.05, 3.63) is 93.6 Å². The van der Waals surface area contributed by atoms with Gasteiger partial charge in [-0.15, -0.1) is 0 Å². The summed E-state index contributed by atoms with van der Waals surface area (Å²) in [5, 5.41) is 2.89. The van der Waals surface area contributed by atoms with Gasteiger partial charge in [-0.25, -0.2) is 13.2 Å². The van der Waals surface area contributed by atoms with Crippen molar-refractivity contribution in [3.8, 4) is 0 Å². The van der Waals surface area contributed by atoms with E-state index in [4.69, 9.17) is 0 Å². The first-order valence-corrected chi connectivity index (χ1v) is 11.7. The first kappa shape index (κ1) is 25.3. The Hall–Kier alpha value is -3.81. The van der Waals surface area contributed by atoms with Crippen LogP contribution in [0.25, 0.3) is 6.08 Å². The van der Waals surface area contributed by atoms with Crippen LogP contribution < -0.4 is 10.2 Å². The fraction of sp³-hybridized carbons (Fsp3) is 0.286. The quantitative estimate of drug-likeness (QED) is 0.410. The molecule has 8 heteroatoms. The molecule has 0 saturated heterocycles. The zero-order valence-electron chi connectivity index (χ0n) is 20.4. The lowest BCUT2D eigenvalue weighted by atomic mass is 9.84. The van der Waals surface area contributed by atoms with Gasteiger partial charge >= 0.3 is 0 Å². The van der Waals surface area contributed by atoms with Crippen molar-refractivity contribution in [1.29, 1.82) is 0 Å². The third-order valence-electron chi connectivity index (χ3n) is 6.45. The van der Waals surface area contributed by atoms with Gasteiger partial charge in [0.25, 0.3) is 5.91 Å². The Morgan fingerprint density at radius 1 is 1.14 bits per heavy atom. The zero-order valence-corrected chi connectivity index (χ0v) is 20.4. The Morgan fingerprint density at radius 3 is 2.53 bits per heavy atom. The summed E-state index contributed by atoms with van der Waals surface area (Å²) in [5.74, 6) is -3.35. The van der Waals surface area contributed by atoms with E-state index in [0.717, 1.165) is 36.1 Å². The zero-order chi connectivity index (χ0) is 26.0. The summed E-state index contributed by atoms with van der Waals surface area (Å²) in [5.41, 5.74) is 3.30. The maximum absolute atomic E-state index is 14.3. The van der Waals surface area contributed by atoms with Crippen LogP contribution in [0.1, 0.15) is 58.7 Å². The van der Waals surface area contributed by atoms with Crippen LogP contribution in [-0.2, 0) is 29.7 Å². The molecule has 188 valence electrons. The predicted octanol–water partition coefficient (Wildman–Crippen LogP) is 5.43. The number of carbonyl (C=O) groups is 2. The van der Waals surface area contributed by atoms with Crippen LogP contribution in [0.2, 0.25) is 0 Å². The van der Waals surface area contributed by atoms with Crippen molar-refractivity contribution in [2.24, 2.45) is 0 Å². The molecule has 5 nitrogen and oxygen atoms in total. The summed E-state index contributed by atoms with van der Waals surface area (Å²) >= 11 is 0. The van der Waals surface area contributed by atoms with Crippen molar-refractivity contribution in [1.82, 2.24) is 10.3 Å². The molecule has 0 radical (unpaired) electrons. The van der Waals surface area contributed by atoms with Crippen LogP contribution in [0.15, 0.2) is 42.5 Å². The average molecular weight is 496 g/mol. The van der Waals surface area contributed by atoms with Gasteiger partial charge in [0, 0.05) is 59.3 Å². The summed E-state index contributed by atoms with van der Waals surface area (Å²) in [6, 6.07) is 8.14. The van der Waals surface area contributed by atoms with E-state index >= 15 is 0 Å². The van der Waals surface area contributed by atoms with Gasteiger partial charge in [0.05, 0.1) is 6.54 Å². The summed E-state index contributed by atoms with van der Waals surface area (Å²) in [7, 11) is 1.60. The van der Waals surface area contributed by atoms with E-state index < -0.39 is 22.9 Å². The van der Waals surface area contributed by atoms with Gasteiger partial charge in [-0.2, -0.15) is 0 Å². The number of benzene rings is 2. The van der Waals surface area contributed by atoms with Gasteiger partial charge in [-0.3, -0.25) is 4.79 Å². The molecule has 1 aliphatic rings. The second-order valence-corrected chi connectivity index (χ2v) is 9.63. The highest BCUT2D eigenvalue weighted by Crippen LogP contribution is 2.33. The first-order valence-electron chi connectivity index (χ1n) is 11.7. The topological polar surface area (TPSA) is 65.2 Å². The molecule has 1 aromatic heterocycles. The van der Waals surface area contributed by atoms with E-state index in [1.807, 2.05) is 6.07 Å². The van der Waals surface area contributed by atoms with E-state index in [2.05, 4.69) is 22.5 Å². The van der Waals surface area contributed by atoms with E-state index in [0.29, 0.717) is 35.5 Å². The van der Waals surface area contributed by atoms with Crippen LogP contribution in [0.4, 0.5) is 18.9 Å². The van der Waals surface area contributed by atoms with Crippen LogP contribution in [0.3, 0.4) is 0 Å². The second kappa shape index (κ2) is 10.0. The van der Waals surface area contributed by atoms with Crippen LogP contribution >= 0.6 is 0 Å². The Bertz CT molecular complexity index is 1320. The molecular weight excluding hydrogens is 467 g/mol. The number of halogens is 3. The Kier molecular flexibility index (Phi) is 7.06. The highest BCUT2D eigenvalue weighted by atomic mass is 19.1. The number of amides is 1. The molecule has 0 atom stereocenters. The molecule has 2 aromatic carbocycles. The number of fused-ring (bicyclic) bond motifs is 1. The molecule has 0 aliphatic heterocycles. The lowest BCUT2D eigenvalue weighted by Crippen LogP contribution is -2.28. The average Bonchev–Trinajstić information content (AvgIpc) is 3.27. The number of carbonyl (C=O) groups excluding carboxylic acids is 2. The summed E-state index contributed by atoms with van der Waals surface area (Å²) in [6.45, 7) is 3.50. The molecule has 0 saturated carbocycles. The van der Waals surface area contributed by atoms with E-state index in [1.54, 1.807) is 44.0 Å². The molecule has 1 amide bonds. The smallest absolute Gasteiger partial charge is 0.251 e. The lowest BCUT2D eigenvalue weighted by molar-refractivity contribution is -0.111. The van der Waals surface area contributed by atoms with Gasteiger partial charge in [-0.1, -0.05) is 18.2 Å². The number of aldehydes is 1. The molecular formula is C28H28F3N3O2. The van der Waals surface area contributed by atoms with Gasteiger partial charge < -0.3 is 20.0 Å². The van der Waals surface area contributed by atoms with Crippen LogP contribution in [0.5, 0.6) is 0 Å². The largest absolute Gasteiger partial charge is 0.370 e. The van der Waals surface area contributed by atoms with Crippen molar-refractivity contribution in [2.45, 2.75) is 45.2 Å². The number of nitrogens with zero attached hydrogens (tertiary/aromatic N) is 1. The lowest BCUT2D eigenvalue weighted by Gasteiger charge is -2.29. The Balaban J connectivity index is 1.60. The third-order valence-corrected chi connectivity index (χ3v) is 6.45. The van der Waals surface area contributed by atoms with Crippen molar-refractivity contribution in [2.75, 3.05) is 11.9 Å². The summed E-state index contributed by atoms with van der Waals surface area (Å²) < 4.78 is 42.0. The number of hydrogen-bond acceptors (Lipinski definition) is 3. The number of nitrogens with one attached hydrogen (secondary N) is 2. The first-order chi connectivity index (χ1) is 17.1. The number of aromatic nitrogens is 1. The summed E-state index contributed by atoms with van der Waals surface area (Å²) in [4.78, 5) is 29.7. The van der Waals surface area contributed by atoms with Crippen molar-refractivity contribution < 1.29 is 22.8 Å². The minimum absolute atomic E-state index is 0.230. The third kappa shape index (κ3) is 5.22. The van der Waals surface area contributed by atoms with Gasteiger partial charge in [0.1, 0.15) is 23.7 Å². The molecule has 0 fully saturated rings. The molecule has 1 aliphatic carbocycles. The molecule has 0 unspecified atom stereocenters. The maximum Gasteiger partial charge on any atom is 0.251 e. The fourth-order valence-electron chi connectivity index (χ4n) is 4.39. The van der Waals surface area contributed by atoms with Gasteiger partial charge in [0.15, 0.2) is 0 Å². The number of H-pyrrole nitrogens is 1. The fourth-order valence-corrected chi connectivity index (χ4v) is 4.39. The highest BCUT2D eigenvalue weighted by molar-refractivity contribution is 5.95. The Labute approximate surface area is 208 Å². The number of rotatable bonds is 8. The second-order valence-electron chi connectivity index (χ2n) is 9.63. The molecule has 3 aromatic rings. The molecule has 1 heterocycles.